The summed E-state index contributed by atoms with van der Waals surface area (Å²) in [4.78, 5) is 27.4. The lowest BCUT2D eigenvalue weighted by Gasteiger charge is -2.23. The van der Waals surface area contributed by atoms with Crippen LogP contribution in [0.4, 0.5) is 5.82 Å². The highest BCUT2D eigenvalue weighted by molar-refractivity contribution is 6.05. The van der Waals surface area contributed by atoms with Crippen LogP contribution in [0, 0.1) is 0 Å². The van der Waals surface area contributed by atoms with Crippen LogP contribution in [0.5, 0.6) is 0 Å². The summed E-state index contributed by atoms with van der Waals surface area (Å²) in [7, 11) is 0. The van der Waals surface area contributed by atoms with E-state index in [1.807, 2.05) is 30.3 Å². The normalized spacial score (nSPS) is 16.4. The predicted molar refractivity (Wildman–Crippen MR) is 102 cm³/mol. The average molecular weight is 379 g/mol. The Kier molecular flexibility index (Phi) is 4.92. The van der Waals surface area contributed by atoms with Crippen molar-refractivity contribution in [1.29, 1.82) is 0 Å². The lowest BCUT2D eigenvalue weighted by Crippen LogP contribution is -2.40. The zero-order valence-corrected chi connectivity index (χ0v) is 15.3. The zero-order valence-electron chi connectivity index (χ0n) is 15.3. The van der Waals surface area contributed by atoms with E-state index in [9.17, 15) is 9.59 Å². The molecule has 1 aliphatic rings. The van der Waals surface area contributed by atoms with Crippen molar-refractivity contribution in [2.45, 2.75) is 31.7 Å². The Morgan fingerprint density at radius 2 is 2.04 bits per heavy atom. The van der Waals surface area contributed by atoms with Gasteiger partial charge in [0.25, 0.3) is 0 Å². The lowest BCUT2D eigenvalue weighted by atomic mass is 10.0. The summed E-state index contributed by atoms with van der Waals surface area (Å²) in [5, 5.41) is 7.91. The number of anilines is 1. The van der Waals surface area contributed by atoms with Crippen LogP contribution in [0.1, 0.15) is 35.4 Å². The number of amides is 1. The van der Waals surface area contributed by atoms with Crippen LogP contribution in [0.3, 0.4) is 0 Å². The van der Waals surface area contributed by atoms with Gasteiger partial charge >= 0.3 is 0 Å². The largest absolute Gasteiger partial charge is 0.383 e. The van der Waals surface area contributed by atoms with Gasteiger partial charge in [-0.3, -0.25) is 9.59 Å². The Morgan fingerprint density at radius 1 is 1.21 bits per heavy atom. The van der Waals surface area contributed by atoms with Gasteiger partial charge in [-0.25, -0.2) is 4.68 Å². The molecule has 1 aromatic carbocycles. The Morgan fingerprint density at radius 3 is 2.79 bits per heavy atom. The number of carbonyl (C=O) groups is 2. The second kappa shape index (κ2) is 7.67. The zero-order chi connectivity index (χ0) is 19.5. The molecule has 0 bridgehead atoms. The highest BCUT2D eigenvalue weighted by Crippen LogP contribution is 2.26. The second-order valence-corrected chi connectivity index (χ2v) is 6.78. The number of aryl methyl sites for hydroxylation is 1. The van der Waals surface area contributed by atoms with Crippen molar-refractivity contribution in [3.05, 3.63) is 60.1 Å². The minimum atomic E-state index is -0.502. The van der Waals surface area contributed by atoms with Crippen LogP contribution < -0.4 is 5.73 Å². The first-order chi connectivity index (χ1) is 13.6. The van der Waals surface area contributed by atoms with E-state index >= 15 is 0 Å². The van der Waals surface area contributed by atoms with Gasteiger partial charge in [-0.2, -0.15) is 5.10 Å². The first kappa shape index (κ1) is 18.0. The van der Waals surface area contributed by atoms with Crippen molar-refractivity contribution >= 4 is 17.5 Å². The molecule has 1 saturated heterocycles. The molecule has 28 heavy (non-hydrogen) atoms. The van der Waals surface area contributed by atoms with E-state index in [-0.39, 0.29) is 23.9 Å². The van der Waals surface area contributed by atoms with Gasteiger partial charge in [0.05, 0.1) is 29.7 Å². The number of Topliss-reactive ketones (excluding diaryl/α,β-unsaturated/α-hetero) is 1. The number of nitrogens with zero attached hydrogens (tertiary/aromatic N) is 4. The molecule has 1 amide bonds. The molecule has 1 atom stereocenters. The Hall–Kier alpha value is -3.42. The first-order valence-corrected chi connectivity index (χ1v) is 9.27. The maximum Gasteiger partial charge on any atom is 0.223 e. The third-order valence-corrected chi connectivity index (χ3v) is 5.02. The molecular weight excluding hydrogens is 358 g/mol. The summed E-state index contributed by atoms with van der Waals surface area (Å²) >= 11 is 0. The van der Waals surface area contributed by atoms with E-state index in [4.69, 9.17) is 10.3 Å². The molecule has 8 heteroatoms. The van der Waals surface area contributed by atoms with Gasteiger partial charge in [-0.15, -0.1) is 0 Å². The fraction of sp³-hybridized carbons (Fsp3) is 0.300. The fourth-order valence-corrected chi connectivity index (χ4v) is 3.58. The van der Waals surface area contributed by atoms with Gasteiger partial charge in [-0.05, 0) is 25.0 Å². The number of para-hydroxylation sites is 1. The van der Waals surface area contributed by atoms with E-state index in [2.05, 4.69) is 10.3 Å². The summed E-state index contributed by atoms with van der Waals surface area (Å²) in [5.41, 5.74) is 7.34. The molecule has 1 fully saturated rings. The smallest absolute Gasteiger partial charge is 0.223 e. The van der Waals surface area contributed by atoms with Crippen molar-refractivity contribution in [3.8, 4) is 5.69 Å². The predicted octanol–water partition coefficient (Wildman–Crippen LogP) is 2.25. The Balaban J connectivity index is 1.49. The van der Waals surface area contributed by atoms with E-state index in [1.54, 1.807) is 17.2 Å². The van der Waals surface area contributed by atoms with Gasteiger partial charge < -0.3 is 15.2 Å². The lowest BCUT2D eigenvalue weighted by molar-refractivity contribution is -0.131. The number of nitrogen functional groups attached to an aromatic ring is 1. The molecule has 2 N–H and O–H groups in total. The average Bonchev–Trinajstić information content (AvgIpc) is 3.47. The van der Waals surface area contributed by atoms with Crippen molar-refractivity contribution in [3.63, 3.8) is 0 Å². The topological polar surface area (TPSA) is 107 Å². The van der Waals surface area contributed by atoms with E-state index in [0.29, 0.717) is 30.7 Å². The summed E-state index contributed by atoms with van der Waals surface area (Å²) in [6.45, 7) is 0.568. The fourth-order valence-electron chi connectivity index (χ4n) is 3.58. The molecule has 4 rings (SSSR count). The number of rotatable bonds is 6. The summed E-state index contributed by atoms with van der Waals surface area (Å²) < 4.78 is 6.58. The third kappa shape index (κ3) is 3.40. The number of nitrogens with two attached hydrogens (primary N) is 1. The van der Waals surface area contributed by atoms with Crippen molar-refractivity contribution in [2.24, 2.45) is 0 Å². The molecule has 2 aromatic heterocycles. The van der Waals surface area contributed by atoms with Crippen molar-refractivity contribution < 1.29 is 14.1 Å². The van der Waals surface area contributed by atoms with Crippen LogP contribution in [0.25, 0.3) is 5.69 Å². The minimum absolute atomic E-state index is 0.0683. The maximum absolute atomic E-state index is 13.1. The number of benzene rings is 1. The number of hydrogen-bond acceptors (Lipinski definition) is 6. The van der Waals surface area contributed by atoms with Gasteiger partial charge in [0.2, 0.25) is 5.91 Å². The van der Waals surface area contributed by atoms with Crippen LogP contribution in [-0.2, 0) is 11.2 Å². The number of carbonyl (C=O) groups excluding carboxylic acids is 2. The van der Waals surface area contributed by atoms with Gasteiger partial charge in [0, 0.05) is 25.5 Å². The number of ketones is 1. The number of aromatic nitrogens is 3. The molecule has 0 spiro atoms. The van der Waals surface area contributed by atoms with Crippen LogP contribution in [0.2, 0.25) is 0 Å². The minimum Gasteiger partial charge on any atom is -0.383 e. The number of hydrogen-bond donors (Lipinski definition) is 1. The van der Waals surface area contributed by atoms with Crippen LogP contribution in [-0.4, -0.2) is 44.1 Å². The monoisotopic (exact) mass is 379 g/mol. The molecule has 0 saturated carbocycles. The molecule has 1 aliphatic heterocycles. The highest BCUT2D eigenvalue weighted by atomic mass is 16.5. The molecule has 144 valence electrons. The van der Waals surface area contributed by atoms with Gasteiger partial charge in [0.15, 0.2) is 5.78 Å². The standard InChI is InChI=1S/C20H21N5O3/c21-20-16(13-22-25(20)14-5-2-1-3-6-14)19(27)17-7-4-12-24(17)18(26)9-8-15-10-11-23-28-15/h1-3,5-6,10-11,13,17H,4,7-9,12,21H2/t17-/m1/s1. The van der Waals surface area contributed by atoms with Crippen molar-refractivity contribution in [2.75, 3.05) is 12.3 Å². The van der Waals surface area contributed by atoms with E-state index in [1.165, 1.54) is 10.9 Å². The third-order valence-electron chi connectivity index (χ3n) is 5.02. The quantitative estimate of drug-likeness (QED) is 0.658. The molecule has 0 unspecified atom stereocenters. The van der Waals surface area contributed by atoms with E-state index in [0.717, 1.165) is 12.1 Å². The summed E-state index contributed by atoms with van der Waals surface area (Å²) in [5.74, 6) is 0.715. The Labute approximate surface area is 161 Å². The maximum atomic E-state index is 13.1. The number of likely N-dealkylation sites (tertiary alicyclic amines) is 1. The summed E-state index contributed by atoms with van der Waals surface area (Å²) in [6.07, 6.45) is 5.19. The molecule has 3 aromatic rings. The van der Waals surface area contributed by atoms with Crippen LogP contribution >= 0.6 is 0 Å². The first-order valence-electron chi connectivity index (χ1n) is 9.27. The highest BCUT2D eigenvalue weighted by Gasteiger charge is 2.36. The second-order valence-electron chi connectivity index (χ2n) is 6.78. The molecular formula is C20H21N5O3. The van der Waals surface area contributed by atoms with Gasteiger partial charge in [-0.1, -0.05) is 23.4 Å². The SMILES string of the molecule is Nc1c(C(=O)[C@H]2CCCN2C(=O)CCc2ccno2)cnn1-c1ccccc1. The van der Waals surface area contributed by atoms with Gasteiger partial charge in [0.1, 0.15) is 11.6 Å². The van der Waals surface area contributed by atoms with Crippen molar-refractivity contribution in [1.82, 2.24) is 19.8 Å². The van der Waals surface area contributed by atoms with Crippen LogP contribution in [0.15, 0.2) is 53.3 Å². The molecule has 8 nitrogen and oxygen atoms in total. The summed E-state index contributed by atoms with van der Waals surface area (Å²) in [6, 6.07) is 10.6. The van der Waals surface area contributed by atoms with E-state index < -0.39 is 6.04 Å². The molecule has 0 radical (unpaired) electrons. The molecule has 3 heterocycles. The molecule has 0 aliphatic carbocycles. The Bertz CT molecular complexity index is 965.